The topological polar surface area (TPSA) is 25.2 Å². The first-order valence-corrected chi connectivity index (χ1v) is 13.0. The molecule has 0 atom stereocenters. The Kier molecular flexibility index (Phi) is 8.24. The average molecular weight is 463 g/mol. The third kappa shape index (κ3) is 7.53. The number of aromatic nitrogens is 1. The second-order valence-electron chi connectivity index (χ2n) is 10.1. The van der Waals surface area contributed by atoms with E-state index in [1.165, 1.54) is 22.3 Å². The highest BCUT2D eigenvalue weighted by atomic mass is 32.2. The number of thioether (sulfide) groups is 2. The third-order valence-corrected chi connectivity index (χ3v) is 7.57. The van der Waals surface area contributed by atoms with Crippen LogP contribution in [0.5, 0.6) is 0 Å². The molecule has 1 aromatic heterocycles. The molecule has 0 saturated heterocycles. The van der Waals surface area contributed by atoms with Gasteiger partial charge in [0.1, 0.15) is 4.38 Å². The number of pyridine rings is 1. The predicted molar refractivity (Wildman–Crippen MR) is 144 cm³/mol. The Morgan fingerprint density at radius 3 is 1.56 bits per heavy atom. The van der Waals surface area contributed by atoms with Crippen LogP contribution in [0.4, 0.5) is 5.69 Å². The summed E-state index contributed by atoms with van der Waals surface area (Å²) in [7, 11) is 0. The van der Waals surface area contributed by atoms with E-state index in [9.17, 15) is 0 Å². The van der Waals surface area contributed by atoms with Gasteiger partial charge in [0.05, 0.1) is 11.9 Å². The first-order valence-electron chi connectivity index (χ1n) is 11.0. The molecule has 3 rings (SSSR count). The number of benzene rings is 2. The molecule has 0 aliphatic rings. The van der Waals surface area contributed by atoms with Crippen molar-refractivity contribution in [3.63, 3.8) is 0 Å². The van der Waals surface area contributed by atoms with E-state index in [1.807, 2.05) is 18.3 Å². The van der Waals surface area contributed by atoms with E-state index >= 15 is 0 Å². The molecule has 0 fully saturated rings. The van der Waals surface area contributed by atoms with Crippen molar-refractivity contribution in [1.82, 2.24) is 4.98 Å². The molecule has 0 spiro atoms. The lowest BCUT2D eigenvalue weighted by atomic mass is 9.87. The van der Waals surface area contributed by atoms with E-state index in [0.717, 1.165) is 21.6 Å². The summed E-state index contributed by atoms with van der Waals surface area (Å²) in [6, 6.07) is 21.9. The van der Waals surface area contributed by atoms with Gasteiger partial charge in [-0.25, -0.2) is 4.99 Å². The third-order valence-electron chi connectivity index (χ3n) is 5.23. The van der Waals surface area contributed by atoms with Gasteiger partial charge in [0.2, 0.25) is 0 Å². The first kappa shape index (κ1) is 24.6. The Hall–Kier alpha value is -2.04. The van der Waals surface area contributed by atoms with Crippen LogP contribution in [-0.2, 0) is 22.3 Å². The van der Waals surface area contributed by atoms with Gasteiger partial charge in [0.15, 0.2) is 0 Å². The Morgan fingerprint density at radius 1 is 0.719 bits per heavy atom. The molecule has 0 radical (unpaired) electrons. The van der Waals surface area contributed by atoms with Gasteiger partial charge in [0.25, 0.3) is 0 Å². The minimum atomic E-state index is 0.178. The van der Waals surface area contributed by atoms with E-state index in [0.29, 0.717) is 0 Å². The van der Waals surface area contributed by atoms with Crippen LogP contribution in [-0.4, -0.2) is 9.36 Å². The van der Waals surface area contributed by atoms with Gasteiger partial charge in [-0.15, -0.1) is 0 Å². The SMILES string of the molecule is CC(C)(C)c1ccc(CSC(=Nc2cccnc2)SCc2ccc(C(C)(C)C)cc2)cc1. The van der Waals surface area contributed by atoms with E-state index < -0.39 is 0 Å². The van der Waals surface area contributed by atoms with Crippen molar-refractivity contribution in [2.24, 2.45) is 4.99 Å². The van der Waals surface area contributed by atoms with Gasteiger partial charge < -0.3 is 0 Å². The van der Waals surface area contributed by atoms with Crippen molar-refractivity contribution in [2.45, 2.75) is 63.9 Å². The summed E-state index contributed by atoms with van der Waals surface area (Å²) in [5.74, 6) is 1.80. The van der Waals surface area contributed by atoms with Crippen molar-refractivity contribution < 1.29 is 0 Å². The molecule has 0 aliphatic heterocycles. The maximum Gasteiger partial charge on any atom is 0.131 e. The summed E-state index contributed by atoms with van der Waals surface area (Å²) < 4.78 is 1.07. The van der Waals surface area contributed by atoms with Crippen molar-refractivity contribution in [1.29, 1.82) is 0 Å². The Balaban J connectivity index is 1.69. The molecular formula is C28H34N2S2. The molecule has 0 N–H and O–H groups in total. The molecule has 0 amide bonds. The van der Waals surface area contributed by atoms with Gasteiger partial charge in [-0.1, -0.05) is 114 Å². The van der Waals surface area contributed by atoms with Crippen molar-refractivity contribution >= 4 is 33.6 Å². The zero-order valence-corrected chi connectivity index (χ0v) is 21.7. The Morgan fingerprint density at radius 2 is 1.19 bits per heavy atom. The van der Waals surface area contributed by atoms with Gasteiger partial charge in [-0.2, -0.15) is 0 Å². The fourth-order valence-electron chi connectivity index (χ4n) is 3.12. The van der Waals surface area contributed by atoms with Gasteiger partial charge >= 0.3 is 0 Å². The second-order valence-corrected chi connectivity index (χ2v) is 12.2. The van der Waals surface area contributed by atoms with Crippen molar-refractivity contribution in [3.05, 3.63) is 95.3 Å². The number of nitrogens with zero attached hydrogens (tertiary/aromatic N) is 2. The second kappa shape index (κ2) is 10.7. The Labute approximate surface area is 202 Å². The molecule has 4 heteroatoms. The van der Waals surface area contributed by atoms with E-state index in [1.54, 1.807) is 29.7 Å². The van der Waals surface area contributed by atoms with Crippen LogP contribution in [0.3, 0.4) is 0 Å². The molecular weight excluding hydrogens is 428 g/mol. The summed E-state index contributed by atoms with van der Waals surface area (Å²) in [4.78, 5) is 9.10. The molecule has 0 bridgehead atoms. The highest BCUT2D eigenvalue weighted by Crippen LogP contribution is 2.30. The molecule has 32 heavy (non-hydrogen) atoms. The lowest BCUT2D eigenvalue weighted by Crippen LogP contribution is -2.10. The van der Waals surface area contributed by atoms with Crippen LogP contribution >= 0.6 is 23.5 Å². The minimum Gasteiger partial charge on any atom is -0.262 e. The first-order chi connectivity index (χ1) is 15.1. The van der Waals surface area contributed by atoms with Crippen LogP contribution in [0, 0.1) is 0 Å². The highest BCUT2D eigenvalue weighted by molar-refractivity contribution is 8.38. The molecule has 168 valence electrons. The van der Waals surface area contributed by atoms with Gasteiger partial charge in [0, 0.05) is 17.7 Å². The molecule has 0 unspecified atom stereocenters. The van der Waals surface area contributed by atoms with Crippen LogP contribution in [0.2, 0.25) is 0 Å². The maximum atomic E-state index is 4.88. The van der Waals surface area contributed by atoms with Crippen LogP contribution < -0.4 is 0 Å². The summed E-state index contributed by atoms with van der Waals surface area (Å²) in [6.45, 7) is 13.5. The molecule has 2 aromatic carbocycles. The summed E-state index contributed by atoms with van der Waals surface area (Å²) in [5.41, 5.74) is 6.61. The summed E-state index contributed by atoms with van der Waals surface area (Å²) in [5, 5.41) is 0. The zero-order valence-electron chi connectivity index (χ0n) is 20.1. The number of hydrogen-bond donors (Lipinski definition) is 0. The monoisotopic (exact) mass is 462 g/mol. The molecule has 2 nitrogen and oxygen atoms in total. The van der Waals surface area contributed by atoms with Crippen molar-refractivity contribution in [3.8, 4) is 0 Å². The lowest BCUT2D eigenvalue weighted by molar-refractivity contribution is 0.590. The average Bonchev–Trinajstić information content (AvgIpc) is 2.76. The van der Waals surface area contributed by atoms with E-state index in [-0.39, 0.29) is 10.8 Å². The van der Waals surface area contributed by atoms with Crippen LogP contribution in [0.25, 0.3) is 0 Å². The lowest BCUT2D eigenvalue weighted by Gasteiger charge is -2.19. The Bertz CT molecular complexity index is 947. The van der Waals surface area contributed by atoms with Gasteiger partial charge in [-0.3, -0.25) is 4.98 Å². The standard InChI is InChI=1S/C28H34N2S2/c1-27(2,3)23-13-9-21(10-14-23)19-31-26(30-25-8-7-17-29-18-25)32-20-22-11-15-24(16-12-22)28(4,5)6/h7-18H,19-20H2,1-6H3. The normalized spacial score (nSPS) is 11.9. The fourth-order valence-corrected chi connectivity index (χ4v) is 5.12. The highest BCUT2D eigenvalue weighted by Gasteiger charge is 2.14. The number of aliphatic imine (C=N–C) groups is 1. The molecule has 0 saturated carbocycles. The minimum absolute atomic E-state index is 0.178. The quantitative estimate of drug-likeness (QED) is 0.280. The molecule has 3 aromatic rings. The van der Waals surface area contributed by atoms with Gasteiger partial charge in [-0.05, 0) is 45.2 Å². The largest absolute Gasteiger partial charge is 0.262 e. The molecule has 1 heterocycles. The summed E-state index contributed by atoms with van der Waals surface area (Å²) >= 11 is 3.59. The van der Waals surface area contributed by atoms with E-state index in [2.05, 4.69) is 95.1 Å². The fraction of sp³-hybridized carbons (Fsp3) is 0.357. The van der Waals surface area contributed by atoms with Crippen molar-refractivity contribution in [2.75, 3.05) is 0 Å². The smallest absolute Gasteiger partial charge is 0.131 e. The number of hydrogen-bond acceptors (Lipinski definition) is 4. The molecule has 0 aliphatic carbocycles. The maximum absolute atomic E-state index is 4.88. The predicted octanol–water partition coefficient (Wildman–Crippen LogP) is 8.53. The van der Waals surface area contributed by atoms with Crippen LogP contribution in [0.15, 0.2) is 78.0 Å². The van der Waals surface area contributed by atoms with E-state index in [4.69, 9.17) is 4.99 Å². The number of rotatable bonds is 5. The zero-order chi connectivity index (χ0) is 23.2. The van der Waals surface area contributed by atoms with Crippen LogP contribution in [0.1, 0.15) is 63.8 Å². The summed E-state index contributed by atoms with van der Waals surface area (Å²) in [6.07, 6.45) is 3.60.